The predicted molar refractivity (Wildman–Crippen MR) is 127 cm³/mol. The van der Waals surface area contributed by atoms with Gasteiger partial charge in [0.25, 0.3) is 0 Å². The molecule has 2 heterocycles. The molecular weight excluding hydrogens is 442 g/mol. The van der Waals surface area contributed by atoms with E-state index in [9.17, 15) is 14.4 Å². The molecule has 1 saturated carbocycles. The van der Waals surface area contributed by atoms with Gasteiger partial charge in [0.2, 0.25) is 5.91 Å². The van der Waals surface area contributed by atoms with Crippen LogP contribution < -0.4 is 16.0 Å². The predicted octanol–water partition coefficient (Wildman–Crippen LogP) is 3.38. The third kappa shape index (κ3) is 6.08. The molecule has 176 valence electrons. The van der Waals surface area contributed by atoms with Gasteiger partial charge in [-0.2, -0.15) is 0 Å². The molecule has 10 heteroatoms. The van der Waals surface area contributed by atoms with Crippen molar-refractivity contribution in [2.45, 2.75) is 51.6 Å². The van der Waals surface area contributed by atoms with Crippen LogP contribution in [0.4, 0.5) is 15.6 Å². The zero-order chi connectivity index (χ0) is 23.2. The summed E-state index contributed by atoms with van der Waals surface area (Å²) in [5, 5.41) is 9.28. The van der Waals surface area contributed by atoms with Gasteiger partial charge in [0.05, 0.1) is 30.1 Å². The number of thiazole rings is 1. The van der Waals surface area contributed by atoms with Gasteiger partial charge in [-0.15, -0.1) is 11.3 Å². The molecule has 0 unspecified atom stereocenters. The number of fused-ring (bicyclic) bond motifs is 1. The number of nitrogens with zero attached hydrogens (tertiary/aromatic N) is 2. The van der Waals surface area contributed by atoms with Crippen molar-refractivity contribution in [2.24, 2.45) is 0 Å². The van der Waals surface area contributed by atoms with Gasteiger partial charge in [0.15, 0.2) is 5.13 Å². The number of aromatic nitrogens is 1. The summed E-state index contributed by atoms with van der Waals surface area (Å²) in [7, 11) is 0. The Morgan fingerprint density at radius 2 is 1.97 bits per heavy atom. The Balaban J connectivity index is 1.31. The maximum atomic E-state index is 12.7. The Morgan fingerprint density at radius 3 is 2.76 bits per heavy atom. The third-order valence-corrected chi connectivity index (χ3v) is 6.78. The van der Waals surface area contributed by atoms with Crippen LogP contribution in [-0.2, 0) is 22.5 Å². The second-order valence-electron chi connectivity index (χ2n) is 8.24. The fraction of sp³-hybridized carbons (Fsp3) is 0.478. The number of rotatable bonds is 7. The van der Waals surface area contributed by atoms with Crippen LogP contribution in [0.25, 0.3) is 0 Å². The van der Waals surface area contributed by atoms with Crippen molar-refractivity contribution in [3.05, 3.63) is 40.4 Å². The Morgan fingerprint density at radius 1 is 1.18 bits per heavy atom. The number of para-hydroxylation sites is 1. The molecule has 1 aliphatic heterocycles. The summed E-state index contributed by atoms with van der Waals surface area (Å²) < 4.78 is 5.07. The van der Waals surface area contributed by atoms with Crippen LogP contribution in [0.1, 0.15) is 53.5 Å². The van der Waals surface area contributed by atoms with Crippen molar-refractivity contribution in [3.8, 4) is 0 Å². The van der Waals surface area contributed by atoms with E-state index in [-0.39, 0.29) is 31.1 Å². The highest BCUT2D eigenvalue weighted by atomic mass is 32.1. The van der Waals surface area contributed by atoms with Gasteiger partial charge < -0.3 is 15.4 Å². The normalized spacial score (nSPS) is 16.2. The SMILES string of the molecule is CCOC(=O)c1ccccc1NC(=O)CN1CCc2nc(NC(=O)NC3CCCC3)sc2C1. The molecule has 0 radical (unpaired) electrons. The van der Waals surface area contributed by atoms with Crippen molar-refractivity contribution in [2.75, 3.05) is 30.3 Å². The summed E-state index contributed by atoms with van der Waals surface area (Å²) in [6, 6.07) is 6.87. The largest absolute Gasteiger partial charge is 0.462 e. The Kier molecular flexibility index (Phi) is 7.56. The topological polar surface area (TPSA) is 113 Å². The van der Waals surface area contributed by atoms with E-state index in [4.69, 9.17) is 4.74 Å². The number of esters is 1. The molecule has 3 N–H and O–H groups in total. The van der Waals surface area contributed by atoms with Crippen molar-refractivity contribution in [3.63, 3.8) is 0 Å². The monoisotopic (exact) mass is 471 g/mol. The van der Waals surface area contributed by atoms with Gasteiger partial charge in [-0.1, -0.05) is 25.0 Å². The summed E-state index contributed by atoms with van der Waals surface area (Å²) in [6.07, 6.45) is 5.10. The van der Waals surface area contributed by atoms with E-state index in [0.717, 1.165) is 36.3 Å². The number of benzene rings is 1. The molecular formula is C23H29N5O4S. The fourth-order valence-electron chi connectivity index (χ4n) is 4.20. The summed E-state index contributed by atoms with van der Waals surface area (Å²) in [6.45, 7) is 3.49. The van der Waals surface area contributed by atoms with Crippen LogP contribution in [0.3, 0.4) is 0 Å². The molecule has 1 aromatic carbocycles. The number of nitrogens with one attached hydrogen (secondary N) is 3. The van der Waals surface area contributed by atoms with Crippen LogP contribution in [0.15, 0.2) is 24.3 Å². The number of amides is 3. The lowest BCUT2D eigenvalue weighted by Crippen LogP contribution is -2.37. The van der Waals surface area contributed by atoms with Gasteiger partial charge in [-0.3, -0.25) is 15.0 Å². The number of carbonyl (C=O) groups excluding carboxylic acids is 3. The molecule has 33 heavy (non-hydrogen) atoms. The van der Waals surface area contributed by atoms with Gasteiger partial charge in [0, 0.05) is 30.4 Å². The lowest BCUT2D eigenvalue weighted by Gasteiger charge is -2.25. The molecule has 0 bridgehead atoms. The van der Waals surface area contributed by atoms with E-state index in [2.05, 4.69) is 20.9 Å². The first kappa shape index (κ1) is 23.2. The first-order valence-corrected chi connectivity index (χ1v) is 12.2. The average molecular weight is 472 g/mol. The Labute approximate surface area is 196 Å². The summed E-state index contributed by atoms with van der Waals surface area (Å²) in [5.74, 6) is -0.660. The first-order valence-electron chi connectivity index (χ1n) is 11.4. The van der Waals surface area contributed by atoms with Crippen molar-refractivity contribution >= 4 is 40.1 Å². The van der Waals surface area contributed by atoms with Crippen molar-refractivity contribution in [1.29, 1.82) is 0 Å². The first-order chi connectivity index (χ1) is 16.0. The van der Waals surface area contributed by atoms with Gasteiger partial charge in [-0.25, -0.2) is 14.6 Å². The second-order valence-corrected chi connectivity index (χ2v) is 9.33. The van der Waals surface area contributed by atoms with Gasteiger partial charge in [0.1, 0.15) is 0 Å². The second kappa shape index (κ2) is 10.8. The molecule has 3 amide bonds. The van der Waals surface area contributed by atoms with E-state index >= 15 is 0 Å². The highest BCUT2D eigenvalue weighted by molar-refractivity contribution is 7.15. The molecule has 9 nitrogen and oxygen atoms in total. The van der Waals surface area contributed by atoms with E-state index < -0.39 is 5.97 Å². The van der Waals surface area contributed by atoms with E-state index in [0.29, 0.717) is 35.9 Å². The molecule has 4 rings (SSSR count). The number of ether oxygens (including phenoxy) is 1. The standard InChI is InChI=1S/C23H29N5O4S/c1-2-32-21(30)16-9-5-6-10-17(16)25-20(29)14-28-12-11-18-19(13-28)33-23(26-18)27-22(31)24-15-7-3-4-8-15/h5-6,9-10,15H,2-4,7-8,11-14H2,1H3,(H,25,29)(H2,24,26,27,31). The number of carbonyl (C=O) groups is 3. The van der Waals surface area contributed by atoms with Crippen LogP contribution in [0.2, 0.25) is 0 Å². The summed E-state index contributed by atoms with van der Waals surface area (Å²) in [4.78, 5) is 44.7. The van der Waals surface area contributed by atoms with E-state index in [1.165, 1.54) is 11.3 Å². The highest BCUT2D eigenvalue weighted by Gasteiger charge is 2.24. The molecule has 0 atom stereocenters. The summed E-state index contributed by atoms with van der Waals surface area (Å²) >= 11 is 1.45. The zero-order valence-electron chi connectivity index (χ0n) is 18.7. The number of anilines is 2. The van der Waals surface area contributed by atoms with Crippen molar-refractivity contribution in [1.82, 2.24) is 15.2 Å². The molecule has 1 aliphatic carbocycles. The maximum Gasteiger partial charge on any atom is 0.340 e. The lowest BCUT2D eigenvalue weighted by atomic mass is 10.1. The highest BCUT2D eigenvalue weighted by Crippen LogP contribution is 2.28. The zero-order valence-corrected chi connectivity index (χ0v) is 19.5. The number of hydrogen-bond donors (Lipinski definition) is 3. The minimum absolute atomic E-state index is 0.194. The third-order valence-electron chi connectivity index (χ3n) is 5.78. The number of urea groups is 1. The van der Waals surface area contributed by atoms with E-state index in [1.807, 2.05) is 4.90 Å². The minimum atomic E-state index is -0.460. The molecule has 2 aromatic rings. The van der Waals surface area contributed by atoms with Crippen LogP contribution in [0, 0.1) is 0 Å². The molecule has 2 aliphatic rings. The van der Waals surface area contributed by atoms with Gasteiger partial charge >= 0.3 is 12.0 Å². The number of hydrogen-bond acceptors (Lipinski definition) is 7. The average Bonchev–Trinajstić information content (AvgIpc) is 3.43. The van der Waals surface area contributed by atoms with Crippen LogP contribution in [-0.4, -0.2) is 53.5 Å². The molecule has 0 saturated heterocycles. The van der Waals surface area contributed by atoms with Crippen LogP contribution >= 0.6 is 11.3 Å². The minimum Gasteiger partial charge on any atom is -0.462 e. The van der Waals surface area contributed by atoms with E-state index in [1.54, 1.807) is 31.2 Å². The van der Waals surface area contributed by atoms with Crippen molar-refractivity contribution < 1.29 is 19.1 Å². The maximum absolute atomic E-state index is 12.7. The lowest BCUT2D eigenvalue weighted by molar-refractivity contribution is -0.117. The Hall–Kier alpha value is -2.98. The quantitative estimate of drug-likeness (QED) is 0.534. The molecule has 1 aromatic heterocycles. The smallest absolute Gasteiger partial charge is 0.340 e. The molecule has 1 fully saturated rings. The summed E-state index contributed by atoms with van der Waals surface area (Å²) in [5.41, 5.74) is 1.75. The van der Waals surface area contributed by atoms with Crippen LogP contribution in [0.5, 0.6) is 0 Å². The Bertz CT molecular complexity index is 1020. The van der Waals surface area contributed by atoms with Gasteiger partial charge in [-0.05, 0) is 31.9 Å². The molecule has 0 spiro atoms. The fourth-order valence-corrected chi connectivity index (χ4v) is 5.24.